The highest BCUT2D eigenvalue weighted by Gasteiger charge is 2.45. The maximum Gasteiger partial charge on any atom is 0.235 e. The molecule has 1 saturated heterocycles. The minimum absolute atomic E-state index is 0.00434. The fourth-order valence-electron chi connectivity index (χ4n) is 2.97. The highest BCUT2D eigenvalue weighted by Crippen LogP contribution is 2.34. The monoisotopic (exact) mass is 286 g/mol. The number of nitrogens with zero attached hydrogens (tertiary/aromatic N) is 1. The van der Waals surface area contributed by atoms with E-state index in [1.165, 1.54) is 0 Å². The second-order valence-corrected chi connectivity index (χ2v) is 6.18. The topological polar surface area (TPSA) is 75.8 Å². The second kappa shape index (κ2) is 5.73. The first-order chi connectivity index (χ1) is 8.95. The molecular formula is C13H22N2O3S. The Morgan fingerprint density at radius 1 is 1.47 bits per heavy atom. The van der Waals surface area contributed by atoms with Gasteiger partial charge in [-0.25, -0.2) is 0 Å². The number of ether oxygens (including phenoxy) is 1. The number of hydrogen-bond donors (Lipinski definition) is 2. The smallest absolute Gasteiger partial charge is 0.235 e. The quantitative estimate of drug-likeness (QED) is 0.727. The molecule has 19 heavy (non-hydrogen) atoms. The molecule has 2 fully saturated rings. The van der Waals surface area contributed by atoms with Crippen LogP contribution in [0.4, 0.5) is 0 Å². The summed E-state index contributed by atoms with van der Waals surface area (Å²) >= 11 is 5.13. The molecule has 0 aromatic carbocycles. The predicted molar refractivity (Wildman–Crippen MR) is 75.6 cm³/mol. The van der Waals surface area contributed by atoms with E-state index in [0.717, 1.165) is 12.8 Å². The molecule has 108 valence electrons. The van der Waals surface area contributed by atoms with Gasteiger partial charge in [0, 0.05) is 26.8 Å². The van der Waals surface area contributed by atoms with Gasteiger partial charge in [-0.3, -0.25) is 4.79 Å². The van der Waals surface area contributed by atoms with Gasteiger partial charge in [-0.15, -0.1) is 0 Å². The van der Waals surface area contributed by atoms with Crippen molar-refractivity contribution in [2.45, 2.75) is 31.8 Å². The first-order valence-corrected chi connectivity index (χ1v) is 7.18. The summed E-state index contributed by atoms with van der Waals surface area (Å²) in [5, 5.41) is 9.30. The lowest BCUT2D eigenvalue weighted by atomic mass is 9.77. The van der Waals surface area contributed by atoms with E-state index in [-0.39, 0.29) is 17.0 Å². The molecule has 6 heteroatoms. The summed E-state index contributed by atoms with van der Waals surface area (Å²) in [6.07, 6.45) is 2.50. The van der Waals surface area contributed by atoms with Crippen LogP contribution in [0.25, 0.3) is 0 Å². The lowest BCUT2D eigenvalue weighted by Crippen LogP contribution is -2.53. The number of thiocarbonyl (C=S) groups is 1. The van der Waals surface area contributed by atoms with Crippen LogP contribution in [-0.2, 0) is 9.53 Å². The number of carbonyl (C=O) groups is 1. The molecule has 3 N–H and O–H groups in total. The number of hydrogen-bond acceptors (Lipinski definition) is 4. The molecule has 0 radical (unpaired) electrons. The standard InChI is InChI=1S/C13H22N2O3S/c1-15(8-9-6-10(16)7-9)12(17)13(11(14)19)2-4-18-5-3-13/h9-10,16H,2-8H2,1H3,(H2,14,19). The van der Waals surface area contributed by atoms with E-state index in [0.29, 0.717) is 38.5 Å². The fourth-order valence-corrected chi connectivity index (χ4v) is 3.26. The van der Waals surface area contributed by atoms with Crippen LogP contribution in [0.2, 0.25) is 0 Å². The van der Waals surface area contributed by atoms with Gasteiger partial charge in [0.15, 0.2) is 0 Å². The number of amides is 1. The molecule has 0 spiro atoms. The third kappa shape index (κ3) is 2.90. The van der Waals surface area contributed by atoms with Gasteiger partial charge < -0.3 is 20.5 Å². The Morgan fingerprint density at radius 3 is 2.53 bits per heavy atom. The Labute approximate surface area is 119 Å². The maximum absolute atomic E-state index is 12.7. The van der Waals surface area contributed by atoms with Gasteiger partial charge in [0.05, 0.1) is 11.1 Å². The van der Waals surface area contributed by atoms with Gasteiger partial charge >= 0.3 is 0 Å². The van der Waals surface area contributed by atoms with Crippen LogP contribution in [0.5, 0.6) is 0 Å². The van der Waals surface area contributed by atoms with E-state index in [9.17, 15) is 9.90 Å². The van der Waals surface area contributed by atoms with Crippen molar-refractivity contribution in [3.8, 4) is 0 Å². The molecule has 2 rings (SSSR count). The molecule has 1 amide bonds. The van der Waals surface area contributed by atoms with Crippen LogP contribution >= 0.6 is 12.2 Å². The Kier molecular flexibility index (Phi) is 4.43. The highest BCUT2D eigenvalue weighted by atomic mass is 32.1. The summed E-state index contributed by atoms with van der Waals surface area (Å²) in [6.45, 7) is 1.72. The minimum atomic E-state index is -0.731. The SMILES string of the molecule is CN(CC1CC(O)C1)C(=O)C1(C(N)=S)CCOCC1. The molecule has 1 saturated carbocycles. The van der Waals surface area contributed by atoms with Crippen molar-refractivity contribution in [3.63, 3.8) is 0 Å². The number of rotatable bonds is 4. The summed E-state index contributed by atoms with van der Waals surface area (Å²) in [5.41, 5.74) is 5.10. The average molecular weight is 286 g/mol. The lowest BCUT2D eigenvalue weighted by Gasteiger charge is -2.40. The predicted octanol–water partition coefficient (Wildman–Crippen LogP) is 0.299. The molecule has 1 aliphatic heterocycles. The molecular weight excluding hydrogens is 264 g/mol. The molecule has 0 atom stereocenters. The Bertz CT molecular complexity index is 363. The summed E-state index contributed by atoms with van der Waals surface area (Å²) in [5.74, 6) is 0.400. The number of aliphatic hydroxyl groups is 1. The van der Waals surface area contributed by atoms with Crippen LogP contribution in [0.3, 0.4) is 0 Å². The largest absolute Gasteiger partial charge is 0.393 e. The van der Waals surface area contributed by atoms with Crippen LogP contribution < -0.4 is 5.73 Å². The first kappa shape index (κ1) is 14.7. The normalized spacial score (nSPS) is 29.4. The first-order valence-electron chi connectivity index (χ1n) is 6.77. The zero-order valence-electron chi connectivity index (χ0n) is 11.3. The molecule has 1 heterocycles. The molecule has 5 nitrogen and oxygen atoms in total. The van der Waals surface area contributed by atoms with Gasteiger partial charge in [0.1, 0.15) is 5.41 Å². The fraction of sp³-hybridized carbons (Fsp3) is 0.846. The van der Waals surface area contributed by atoms with Crippen LogP contribution in [0.1, 0.15) is 25.7 Å². The summed E-state index contributed by atoms with van der Waals surface area (Å²) < 4.78 is 5.31. The number of carbonyl (C=O) groups excluding carboxylic acids is 1. The van der Waals surface area contributed by atoms with E-state index >= 15 is 0 Å². The highest BCUT2D eigenvalue weighted by molar-refractivity contribution is 7.80. The third-order valence-corrected chi connectivity index (χ3v) is 4.71. The van der Waals surface area contributed by atoms with Crippen LogP contribution in [-0.4, -0.2) is 53.8 Å². The lowest BCUT2D eigenvalue weighted by molar-refractivity contribution is -0.142. The molecule has 0 aromatic rings. The van der Waals surface area contributed by atoms with Crippen molar-refractivity contribution in [1.29, 1.82) is 0 Å². The zero-order chi connectivity index (χ0) is 14.0. The van der Waals surface area contributed by atoms with Crippen molar-refractivity contribution >= 4 is 23.1 Å². The van der Waals surface area contributed by atoms with Crippen LogP contribution in [0, 0.1) is 11.3 Å². The van der Waals surface area contributed by atoms with E-state index in [4.69, 9.17) is 22.7 Å². The average Bonchev–Trinajstić information content (AvgIpc) is 2.36. The Morgan fingerprint density at radius 2 is 2.05 bits per heavy atom. The van der Waals surface area contributed by atoms with E-state index in [1.807, 2.05) is 0 Å². The van der Waals surface area contributed by atoms with Crippen molar-refractivity contribution in [1.82, 2.24) is 4.90 Å². The summed E-state index contributed by atoms with van der Waals surface area (Å²) in [4.78, 5) is 14.7. The number of nitrogens with two attached hydrogens (primary N) is 1. The summed E-state index contributed by atoms with van der Waals surface area (Å²) in [7, 11) is 1.79. The maximum atomic E-state index is 12.7. The van der Waals surface area contributed by atoms with Gasteiger partial charge in [-0.2, -0.15) is 0 Å². The van der Waals surface area contributed by atoms with E-state index in [2.05, 4.69) is 0 Å². The molecule has 2 aliphatic rings. The van der Waals surface area contributed by atoms with Crippen LogP contribution in [0.15, 0.2) is 0 Å². The van der Waals surface area contributed by atoms with Crippen molar-refractivity contribution < 1.29 is 14.6 Å². The van der Waals surface area contributed by atoms with E-state index in [1.54, 1.807) is 11.9 Å². The summed E-state index contributed by atoms with van der Waals surface area (Å²) in [6, 6.07) is 0. The second-order valence-electron chi connectivity index (χ2n) is 5.74. The molecule has 0 bridgehead atoms. The number of aliphatic hydroxyl groups excluding tert-OH is 1. The molecule has 0 aromatic heterocycles. The van der Waals surface area contributed by atoms with Gasteiger partial charge in [-0.1, -0.05) is 12.2 Å². The van der Waals surface area contributed by atoms with Gasteiger partial charge in [0.25, 0.3) is 0 Å². The molecule has 1 aliphatic carbocycles. The van der Waals surface area contributed by atoms with Gasteiger partial charge in [-0.05, 0) is 31.6 Å². The Hall–Kier alpha value is -0.720. The molecule has 0 unspecified atom stereocenters. The van der Waals surface area contributed by atoms with E-state index < -0.39 is 5.41 Å². The van der Waals surface area contributed by atoms with Crippen molar-refractivity contribution in [2.75, 3.05) is 26.8 Å². The van der Waals surface area contributed by atoms with Gasteiger partial charge in [0.2, 0.25) is 5.91 Å². The van der Waals surface area contributed by atoms with Crippen molar-refractivity contribution in [3.05, 3.63) is 0 Å². The minimum Gasteiger partial charge on any atom is -0.393 e. The third-order valence-electron chi connectivity index (χ3n) is 4.32. The Balaban J connectivity index is 2.00. The zero-order valence-corrected chi connectivity index (χ0v) is 12.1. The van der Waals surface area contributed by atoms with Crippen molar-refractivity contribution in [2.24, 2.45) is 17.1 Å².